The van der Waals surface area contributed by atoms with Gasteiger partial charge in [0, 0.05) is 23.1 Å². The average Bonchev–Trinajstić information content (AvgIpc) is 3.08. The third-order valence-electron chi connectivity index (χ3n) is 3.56. The summed E-state index contributed by atoms with van der Waals surface area (Å²) in [4.78, 5) is 28.0. The van der Waals surface area contributed by atoms with Gasteiger partial charge in [0.25, 0.3) is 5.56 Å². The zero-order valence-electron chi connectivity index (χ0n) is 11.2. The molecule has 2 aromatic heterocycles. The fraction of sp³-hybridized carbons (Fsp3) is 0.357. The van der Waals surface area contributed by atoms with Gasteiger partial charge in [0.1, 0.15) is 0 Å². The lowest BCUT2D eigenvalue weighted by molar-refractivity contribution is 0.0694. The van der Waals surface area contributed by atoms with Gasteiger partial charge in [-0.15, -0.1) is 11.3 Å². The normalized spacial score (nSPS) is 14.5. The van der Waals surface area contributed by atoms with Crippen LogP contribution in [0.2, 0.25) is 0 Å². The van der Waals surface area contributed by atoms with Crippen molar-refractivity contribution in [2.45, 2.75) is 32.6 Å². The van der Waals surface area contributed by atoms with Crippen LogP contribution in [0.5, 0.6) is 0 Å². The fourth-order valence-corrected chi connectivity index (χ4v) is 3.35. The molecule has 3 rings (SSSR count). The molecule has 1 aliphatic rings. The number of hydrogen-bond acceptors (Lipinski definition) is 4. The number of aryl methyl sites for hydroxylation is 1. The number of rotatable bonds is 3. The van der Waals surface area contributed by atoms with E-state index in [9.17, 15) is 14.7 Å². The monoisotopic (exact) mass is 290 g/mol. The van der Waals surface area contributed by atoms with Gasteiger partial charge in [0.15, 0.2) is 5.13 Å². The Balaban J connectivity index is 2.19. The smallest absolute Gasteiger partial charge is 0.337 e. The Hall–Kier alpha value is -1.95. The van der Waals surface area contributed by atoms with Crippen molar-refractivity contribution in [3.8, 4) is 5.13 Å². The van der Waals surface area contributed by atoms with E-state index in [2.05, 4.69) is 4.98 Å². The van der Waals surface area contributed by atoms with Crippen LogP contribution in [0.25, 0.3) is 5.13 Å². The van der Waals surface area contributed by atoms with Crippen LogP contribution < -0.4 is 5.56 Å². The molecule has 104 valence electrons. The molecule has 6 heteroatoms. The maximum absolute atomic E-state index is 12.2. The van der Waals surface area contributed by atoms with Crippen LogP contribution in [-0.4, -0.2) is 20.6 Å². The van der Waals surface area contributed by atoms with Gasteiger partial charge in [-0.05, 0) is 32.3 Å². The molecule has 1 N–H and O–H groups in total. The summed E-state index contributed by atoms with van der Waals surface area (Å²) in [6, 6.07) is 1.36. The Kier molecular flexibility index (Phi) is 2.97. The van der Waals surface area contributed by atoms with Crippen molar-refractivity contribution < 1.29 is 9.90 Å². The number of carboxylic acids is 1. The fourth-order valence-electron chi connectivity index (χ4n) is 2.39. The van der Waals surface area contributed by atoms with Gasteiger partial charge in [-0.1, -0.05) is 0 Å². The molecule has 0 aliphatic heterocycles. The number of aromatic nitrogens is 2. The lowest BCUT2D eigenvalue weighted by Gasteiger charge is -2.11. The quantitative estimate of drug-likeness (QED) is 0.942. The zero-order chi connectivity index (χ0) is 14.4. The Bertz CT molecular complexity index is 756. The number of carboxylic acid groups (broad SMARTS) is 1. The van der Waals surface area contributed by atoms with Gasteiger partial charge in [-0.2, -0.15) is 0 Å². The van der Waals surface area contributed by atoms with Gasteiger partial charge < -0.3 is 5.11 Å². The second kappa shape index (κ2) is 4.56. The van der Waals surface area contributed by atoms with E-state index in [1.807, 2.05) is 5.38 Å². The lowest BCUT2D eigenvalue weighted by Crippen LogP contribution is -2.24. The summed E-state index contributed by atoms with van der Waals surface area (Å²) >= 11 is 1.38. The molecule has 20 heavy (non-hydrogen) atoms. The van der Waals surface area contributed by atoms with E-state index in [0.29, 0.717) is 22.3 Å². The Morgan fingerprint density at radius 2 is 2.15 bits per heavy atom. The number of thiazole rings is 1. The first-order valence-electron chi connectivity index (χ1n) is 6.41. The predicted molar refractivity (Wildman–Crippen MR) is 76.1 cm³/mol. The van der Waals surface area contributed by atoms with Crippen LogP contribution in [0.15, 0.2) is 16.2 Å². The third-order valence-corrected chi connectivity index (χ3v) is 4.41. The van der Waals surface area contributed by atoms with Crippen molar-refractivity contribution in [2.24, 2.45) is 0 Å². The van der Waals surface area contributed by atoms with E-state index in [1.165, 1.54) is 22.0 Å². The van der Waals surface area contributed by atoms with E-state index >= 15 is 0 Å². The van der Waals surface area contributed by atoms with Crippen LogP contribution in [0, 0.1) is 13.8 Å². The van der Waals surface area contributed by atoms with Gasteiger partial charge >= 0.3 is 5.97 Å². The standard InChI is InChI=1S/C14H14N2O3S/c1-7-5-11(17)16(8(2)12(7)13(18)19)14-15-10(6-20-14)9-3-4-9/h5-6,9H,3-4H2,1-2H3,(H,18,19). The largest absolute Gasteiger partial charge is 0.478 e. The molecule has 0 saturated heterocycles. The molecule has 0 bridgehead atoms. The first-order chi connectivity index (χ1) is 9.49. The minimum absolute atomic E-state index is 0.174. The second-order valence-electron chi connectivity index (χ2n) is 5.10. The highest BCUT2D eigenvalue weighted by Crippen LogP contribution is 2.40. The van der Waals surface area contributed by atoms with Crippen molar-refractivity contribution in [2.75, 3.05) is 0 Å². The molecule has 5 nitrogen and oxygen atoms in total. The SMILES string of the molecule is Cc1cc(=O)n(-c2nc(C3CC3)cs2)c(C)c1C(=O)O. The van der Waals surface area contributed by atoms with Crippen LogP contribution in [-0.2, 0) is 0 Å². The molecule has 1 aliphatic carbocycles. The molecule has 1 saturated carbocycles. The molecule has 0 aromatic carbocycles. The molecular weight excluding hydrogens is 276 g/mol. The molecule has 0 unspecified atom stereocenters. The molecule has 0 atom stereocenters. The molecule has 0 spiro atoms. The van der Waals surface area contributed by atoms with E-state index < -0.39 is 5.97 Å². The third kappa shape index (κ3) is 2.06. The maximum atomic E-state index is 12.2. The van der Waals surface area contributed by atoms with Gasteiger partial charge in [0.2, 0.25) is 0 Å². The Morgan fingerprint density at radius 1 is 1.45 bits per heavy atom. The molecular formula is C14H14N2O3S. The summed E-state index contributed by atoms with van der Waals surface area (Å²) in [5.74, 6) is -0.506. The van der Waals surface area contributed by atoms with Gasteiger partial charge in [-0.25, -0.2) is 9.78 Å². The molecule has 2 aromatic rings. The van der Waals surface area contributed by atoms with E-state index in [0.717, 1.165) is 18.5 Å². The van der Waals surface area contributed by atoms with Crippen molar-refractivity contribution in [3.63, 3.8) is 0 Å². The number of aromatic carboxylic acids is 1. The minimum Gasteiger partial charge on any atom is -0.478 e. The first kappa shape index (κ1) is 13.1. The van der Waals surface area contributed by atoms with E-state index in [1.54, 1.807) is 13.8 Å². The highest BCUT2D eigenvalue weighted by atomic mass is 32.1. The van der Waals surface area contributed by atoms with E-state index in [4.69, 9.17) is 0 Å². The van der Waals surface area contributed by atoms with Crippen molar-refractivity contribution >= 4 is 17.3 Å². The Labute approximate surface area is 119 Å². The summed E-state index contributed by atoms with van der Waals surface area (Å²) in [6.07, 6.45) is 2.29. The summed E-state index contributed by atoms with van der Waals surface area (Å²) in [5, 5.41) is 11.8. The van der Waals surface area contributed by atoms with Gasteiger partial charge in [0.05, 0.1) is 11.3 Å². The summed E-state index contributed by atoms with van der Waals surface area (Å²) in [6.45, 7) is 3.29. The van der Waals surface area contributed by atoms with Crippen LogP contribution in [0.3, 0.4) is 0 Å². The number of nitrogens with zero attached hydrogens (tertiary/aromatic N) is 2. The predicted octanol–water partition coefficient (Wildman–Crippen LogP) is 2.49. The van der Waals surface area contributed by atoms with Crippen molar-refractivity contribution in [3.05, 3.63) is 44.3 Å². The number of pyridine rings is 1. The molecule has 0 amide bonds. The average molecular weight is 290 g/mol. The maximum Gasteiger partial charge on any atom is 0.337 e. The number of hydrogen-bond donors (Lipinski definition) is 1. The molecule has 0 radical (unpaired) electrons. The second-order valence-corrected chi connectivity index (χ2v) is 5.93. The van der Waals surface area contributed by atoms with Crippen LogP contribution >= 0.6 is 11.3 Å². The first-order valence-corrected chi connectivity index (χ1v) is 7.29. The highest BCUT2D eigenvalue weighted by Gasteiger charge is 2.27. The van der Waals surface area contributed by atoms with Gasteiger partial charge in [-0.3, -0.25) is 9.36 Å². The van der Waals surface area contributed by atoms with E-state index in [-0.39, 0.29) is 11.1 Å². The summed E-state index contributed by atoms with van der Waals surface area (Å²) in [7, 11) is 0. The van der Waals surface area contributed by atoms with Crippen molar-refractivity contribution in [1.29, 1.82) is 0 Å². The van der Waals surface area contributed by atoms with Crippen molar-refractivity contribution in [1.82, 2.24) is 9.55 Å². The van der Waals surface area contributed by atoms with Crippen LogP contribution in [0.4, 0.5) is 0 Å². The molecule has 2 heterocycles. The topological polar surface area (TPSA) is 72.2 Å². The Morgan fingerprint density at radius 3 is 2.75 bits per heavy atom. The molecule has 1 fully saturated rings. The highest BCUT2D eigenvalue weighted by molar-refractivity contribution is 7.12. The summed E-state index contributed by atoms with van der Waals surface area (Å²) in [5.41, 5.74) is 1.86. The lowest BCUT2D eigenvalue weighted by atomic mass is 10.1. The zero-order valence-corrected chi connectivity index (χ0v) is 12.0. The minimum atomic E-state index is -1.02. The summed E-state index contributed by atoms with van der Waals surface area (Å²) < 4.78 is 1.40. The van der Waals surface area contributed by atoms with Crippen LogP contribution in [0.1, 0.15) is 46.1 Å². The number of carbonyl (C=O) groups is 1.